The summed E-state index contributed by atoms with van der Waals surface area (Å²) in [5, 5.41) is 8.86. The zero-order valence-corrected chi connectivity index (χ0v) is 16.7. The molecule has 0 unspecified atom stereocenters. The van der Waals surface area contributed by atoms with Crippen LogP contribution in [-0.4, -0.2) is 24.3 Å². The summed E-state index contributed by atoms with van der Waals surface area (Å²) in [5.41, 5.74) is 7.42. The van der Waals surface area contributed by atoms with Crippen molar-refractivity contribution in [3.8, 4) is 11.1 Å². The highest BCUT2D eigenvalue weighted by Gasteiger charge is 2.11. The first kappa shape index (κ1) is 20.4. The van der Waals surface area contributed by atoms with Crippen LogP contribution in [0.1, 0.15) is 10.4 Å². The maximum atomic E-state index is 14.1. The molecule has 8 nitrogen and oxygen atoms in total. The molecule has 4 rings (SSSR count). The Morgan fingerprint density at radius 1 is 0.968 bits per heavy atom. The van der Waals surface area contributed by atoms with E-state index in [2.05, 4.69) is 15.3 Å². The lowest BCUT2D eigenvalue weighted by Gasteiger charge is -2.08. The first-order valence-corrected chi connectivity index (χ1v) is 10.5. The van der Waals surface area contributed by atoms with Gasteiger partial charge in [0, 0.05) is 17.3 Å². The second kappa shape index (κ2) is 7.74. The Kier molecular flexibility index (Phi) is 5.09. The second-order valence-electron chi connectivity index (χ2n) is 6.72. The number of amides is 1. The highest BCUT2D eigenvalue weighted by atomic mass is 32.2. The number of aromatic nitrogens is 2. The van der Waals surface area contributed by atoms with Gasteiger partial charge >= 0.3 is 0 Å². The van der Waals surface area contributed by atoms with Gasteiger partial charge in [-0.2, -0.15) is 0 Å². The average molecular weight is 437 g/mol. The topological polar surface area (TPSA) is 141 Å². The highest BCUT2D eigenvalue weighted by Crippen LogP contribution is 2.26. The number of primary amides is 1. The number of halogens is 1. The normalized spacial score (nSPS) is 11.4. The number of nitrogens with one attached hydrogen (secondary N) is 1. The van der Waals surface area contributed by atoms with Crippen LogP contribution in [-0.2, 0) is 10.0 Å². The number of anilines is 2. The van der Waals surface area contributed by atoms with Crippen molar-refractivity contribution in [2.75, 3.05) is 5.32 Å². The Morgan fingerprint density at radius 3 is 2.29 bits per heavy atom. The summed E-state index contributed by atoms with van der Waals surface area (Å²) >= 11 is 0. The molecule has 0 saturated heterocycles. The van der Waals surface area contributed by atoms with Crippen LogP contribution < -0.4 is 16.2 Å². The highest BCUT2D eigenvalue weighted by molar-refractivity contribution is 7.89. The van der Waals surface area contributed by atoms with Gasteiger partial charge in [0.15, 0.2) is 0 Å². The number of sulfonamides is 1. The van der Waals surface area contributed by atoms with E-state index in [1.807, 2.05) is 0 Å². The number of nitrogens with zero attached hydrogens (tertiary/aromatic N) is 2. The molecule has 3 aromatic carbocycles. The molecule has 0 radical (unpaired) electrons. The van der Waals surface area contributed by atoms with Crippen molar-refractivity contribution in [1.29, 1.82) is 0 Å². The molecule has 4 aromatic rings. The molecule has 0 atom stereocenters. The molecular weight excluding hydrogens is 421 g/mol. The van der Waals surface area contributed by atoms with E-state index >= 15 is 0 Å². The third kappa shape index (κ3) is 4.34. The molecule has 0 aliphatic rings. The predicted molar refractivity (Wildman–Crippen MR) is 115 cm³/mol. The first-order valence-electron chi connectivity index (χ1n) is 8.97. The van der Waals surface area contributed by atoms with Crippen LogP contribution in [0.25, 0.3) is 22.0 Å². The third-order valence-electron chi connectivity index (χ3n) is 4.59. The van der Waals surface area contributed by atoms with E-state index in [-0.39, 0.29) is 10.5 Å². The van der Waals surface area contributed by atoms with Crippen molar-refractivity contribution >= 4 is 38.5 Å². The number of carbonyl (C=O) groups is 1. The third-order valence-corrected chi connectivity index (χ3v) is 5.52. The number of primary sulfonamides is 1. The van der Waals surface area contributed by atoms with E-state index in [9.17, 15) is 17.6 Å². The number of hydrogen-bond acceptors (Lipinski definition) is 6. The van der Waals surface area contributed by atoms with Crippen molar-refractivity contribution in [3.63, 3.8) is 0 Å². The predicted octanol–water partition coefficient (Wildman–Crippen LogP) is 2.93. The molecule has 31 heavy (non-hydrogen) atoms. The van der Waals surface area contributed by atoms with Crippen LogP contribution in [0, 0.1) is 5.82 Å². The van der Waals surface area contributed by atoms with Gasteiger partial charge in [-0.05, 0) is 53.6 Å². The van der Waals surface area contributed by atoms with Crippen LogP contribution in [0.15, 0.2) is 71.8 Å². The van der Waals surface area contributed by atoms with Crippen molar-refractivity contribution in [3.05, 3.63) is 78.2 Å². The summed E-state index contributed by atoms with van der Waals surface area (Å²) in [7, 11) is -3.77. The summed E-state index contributed by atoms with van der Waals surface area (Å²) in [6.07, 6.45) is 1.63. The molecule has 1 aromatic heterocycles. The Labute approximate surface area is 176 Å². The fourth-order valence-electron chi connectivity index (χ4n) is 3.01. The van der Waals surface area contributed by atoms with E-state index < -0.39 is 21.7 Å². The van der Waals surface area contributed by atoms with Gasteiger partial charge in [0.1, 0.15) is 5.82 Å². The Balaban J connectivity index is 1.64. The van der Waals surface area contributed by atoms with Crippen molar-refractivity contribution in [2.45, 2.75) is 4.90 Å². The smallest absolute Gasteiger partial charge is 0.251 e. The molecule has 0 spiro atoms. The van der Waals surface area contributed by atoms with E-state index in [0.29, 0.717) is 28.3 Å². The maximum Gasteiger partial charge on any atom is 0.251 e. The fraction of sp³-hybridized carbons (Fsp3) is 0. The number of benzene rings is 3. The van der Waals surface area contributed by atoms with Gasteiger partial charge in [0.25, 0.3) is 5.91 Å². The van der Waals surface area contributed by atoms with Gasteiger partial charge in [-0.3, -0.25) is 4.79 Å². The van der Waals surface area contributed by atoms with Crippen LogP contribution >= 0.6 is 0 Å². The van der Waals surface area contributed by atoms with Crippen LogP contribution in [0.4, 0.5) is 16.0 Å². The molecule has 0 bridgehead atoms. The molecule has 5 N–H and O–H groups in total. The zero-order valence-electron chi connectivity index (χ0n) is 15.9. The first-order chi connectivity index (χ1) is 14.7. The van der Waals surface area contributed by atoms with E-state index in [1.165, 1.54) is 24.3 Å². The average Bonchev–Trinajstić information content (AvgIpc) is 2.72. The lowest BCUT2D eigenvalue weighted by Crippen LogP contribution is -2.12. The van der Waals surface area contributed by atoms with E-state index in [1.54, 1.807) is 42.6 Å². The summed E-state index contributed by atoms with van der Waals surface area (Å²) in [4.78, 5) is 19.9. The number of hydrogen-bond donors (Lipinski definition) is 3. The summed E-state index contributed by atoms with van der Waals surface area (Å²) in [6, 6.07) is 15.4. The zero-order chi connectivity index (χ0) is 22.2. The SMILES string of the molecule is NC(=O)c1ccc(-c2ccc3cnc(Nc4ccc(S(N)(=O)=O)cc4)nc3c2)cc1F. The van der Waals surface area contributed by atoms with Crippen molar-refractivity contribution in [2.24, 2.45) is 10.9 Å². The quantitative estimate of drug-likeness (QED) is 0.438. The summed E-state index contributed by atoms with van der Waals surface area (Å²) in [6.45, 7) is 0. The molecular formula is C21H16FN5O3S. The van der Waals surface area contributed by atoms with Gasteiger partial charge in [-0.25, -0.2) is 27.9 Å². The lowest BCUT2D eigenvalue weighted by atomic mass is 10.0. The Morgan fingerprint density at radius 2 is 1.65 bits per heavy atom. The number of rotatable bonds is 5. The van der Waals surface area contributed by atoms with E-state index in [4.69, 9.17) is 10.9 Å². The number of fused-ring (bicyclic) bond motifs is 1. The standard InChI is InChI=1S/C21H16FN5O3S/c22-18-9-12(3-8-17(18)20(23)28)13-1-2-14-11-25-21(27-19(14)10-13)26-15-4-6-16(7-5-15)31(24,29)30/h1-11H,(H2,23,28)(H2,24,29,30)(H,25,26,27). The van der Waals surface area contributed by atoms with Crippen molar-refractivity contribution in [1.82, 2.24) is 9.97 Å². The van der Waals surface area contributed by atoms with Gasteiger partial charge in [-0.15, -0.1) is 0 Å². The minimum Gasteiger partial charge on any atom is -0.366 e. The Bertz CT molecular complexity index is 1420. The molecule has 0 aliphatic carbocycles. The van der Waals surface area contributed by atoms with Gasteiger partial charge < -0.3 is 11.1 Å². The molecule has 1 heterocycles. The lowest BCUT2D eigenvalue weighted by molar-refractivity contribution is 0.0996. The maximum absolute atomic E-state index is 14.1. The molecule has 0 saturated carbocycles. The second-order valence-corrected chi connectivity index (χ2v) is 8.28. The number of nitrogens with two attached hydrogens (primary N) is 2. The van der Waals surface area contributed by atoms with Gasteiger partial charge in [0.05, 0.1) is 16.0 Å². The number of carbonyl (C=O) groups excluding carboxylic acids is 1. The summed E-state index contributed by atoms with van der Waals surface area (Å²) < 4.78 is 36.8. The fourth-order valence-corrected chi connectivity index (χ4v) is 3.53. The minimum atomic E-state index is -3.77. The van der Waals surface area contributed by atoms with Crippen molar-refractivity contribution < 1.29 is 17.6 Å². The molecule has 0 fully saturated rings. The Hall–Kier alpha value is -3.89. The van der Waals surface area contributed by atoms with E-state index in [0.717, 1.165) is 5.39 Å². The van der Waals surface area contributed by atoms with Gasteiger partial charge in [-0.1, -0.05) is 18.2 Å². The van der Waals surface area contributed by atoms with Crippen LogP contribution in [0.5, 0.6) is 0 Å². The van der Waals surface area contributed by atoms with Gasteiger partial charge in [0.2, 0.25) is 16.0 Å². The minimum absolute atomic E-state index is 0.00305. The molecule has 0 aliphatic heterocycles. The molecule has 156 valence electrons. The van der Waals surface area contributed by atoms with Crippen LogP contribution in [0.2, 0.25) is 0 Å². The van der Waals surface area contributed by atoms with Crippen LogP contribution in [0.3, 0.4) is 0 Å². The monoisotopic (exact) mass is 437 g/mol. The molecule has 1 amide bonds. The largest absolute Gasteiger partial charge is 0.366 e. The molecule has 10 heteroatoms. The summed E-state index contributed by atoms with van der Waals surface area (Å²) in [5.74, 6) is -1.23.